The number of nitrogens with one attached hydrogen (secondary N) is 1. The molecule has 0 radical (unpaired) electrons. The van der Waals surface area contributed by atoms with Gasteiger partial charge in [-0.3, -0.25) is 9.59 Å². The van der Waals surface area contributed by atoms with Crippen LogP contribution in [0.1, 0.15) is 24.8 Å². The van der Waals surface area contributed by atoms with Gasteiger partial charge in [-0.1, -0.05) is 18.2 Å². The molecule has 1 aliphatic carbocycles. The van der Waals surface area contributed by atoms with Gasteiger partial charge in [0.1, 0.15) is 5.75 Å². The van der Waals surface area contributed by atoms with Gasteiger partial charge in [-0.05, 0) is 31.4 Å². The molecular weight excluding hydrogens is 280 g/mol. The summed E-state index contributed by atoms with van der Waals surface area (Å²) in [6.07, 6.45) is 2.82. The number of hydrogen-bond acceptors (Lipinski definition) is 3. The van der Waals surface area contributed by atoms with Gasteiger partial charge in [0.05, 0.1) is 0 Å². The molecule has 0 aromatic heterocycles. The number of nitrogens with zero attached hydrogens (tertiary/aromatic N) is 1. The molecule has 1 aromatic rings. The van der Waals surface area contributed by atoms with Crippen molar-refractivity contribution >= 4 is 11.8 Å². The standard InChI is InChI=1S/C17H22N2O3/c1-12-4-2-3-5-15(12)22-11-16(20)18-9-13-8-17(21)19(10-13)14-6-7-14/h2-5,13-14H,6-11H2,1H3,(H,18,20). The third-order valence-corrected chi connectivity index (χ3v) is 4.27. The van der Waals surface area contributed by atoms with Crippen LogP contribution in [0.3, 0.4) is 0 Å². The molecular formula is C17H22N2O3. The van der Waals surface area contributed by atoms with E-state index in [1.54, 1.807) is 0 Å². The second-order valence-electron chi connectivity index (χ2n) is 6.21. The van der Waals surface area contributed by atoms with E-state index in [2.05, 4.69) is 5.32 Å². The Balaban J connectivity index is 1.39. The Morgan fingerprint density at radius 2 is 2.14 bits per heavy atom. The highest BCUT2D eigenvalue weighted by Gasteiger charge is 2.39. The summed E-state index contributed by atoms with van der Waals surface area (Å²) < 4.78 is 5.51. The zero-order valence-corrected chi connectivity index (χ0v) is 12.9. The minimum absolute atomic E-state index is 0.0118. The molecule has 1 saturated heterocycles. The normalized spacial score (nSPS) is 21.0. The van der Waals surface area contributed by atoms with E-state index in [0.29, 0.717) is 19.0 Å². The van der Waals surface area contributed by atoms with E-state index in [1.165, 1.54) is 0 Å². The van der Waals surface area contributed by atoms with Crippen molar-refractivity contribution in [3.05, 3.63) is 29.8 Å². The highest BCUT2D eigenvalue weighted by molar-refractivity contribution is 5.80. The van der Waals surface area contributed by atoms with Crippen LogP contribution >= 0.6 is 0 Å². The van der Waals surface area contributed by atoms with Gasteiger partial charge in [0.2, 0.25) is 5.91 Å². The van der Waals surface area contributed by atoms with Crippen molar-refractivity contribution < 1.29 is 14.3 Å². The predicted octanol–water partition coefficient (Wildman–Crippen LogP) is 1.50. The summed E-state index contributed by atoms with van der Waals surface area (Å²) >= 11 is 0. The van der Waals surface area contributed by atoms with Crippen molar-refractivity contribution in [3.63, 3.8) is 0 Å². The summed E-state index contributed by atoms with van der Waals surface area (Å²) in [7, 11) is 0. The van der Waals surface area contributed by atoms with Crippen LogP contribution in [0, 0.1) is 12.8 Å². The van der Waals surface area contributed by atoms with Crippen LogP contribution in [0.5, 0.6) is 5.75 Å². The molecule has 118 valence electrons. The molecule has 0 spiro atoms. The summed E-state index contributed by atoms with van der Waals surface area (Å²) in [5.41, 5.74) is 1.01. The Hall–Kier alpha value is -2.04. The van der Waals surface area contributed by atoms with Crippen molar-refractivity contribution in [3.8, 4) is 5.75 Å². The lowest BCUT2D eigenvalue weighted by Crippen LogP contribution is -2.34. The molecule has 2 fully saturated rings. The number of carbonyl (C=O) groups excluding carboxylic acids is 2. The van der Waals surface area contributed by atoms with E-state index < -0.39 is 0 Å². The fraction of sp³-hybridized carbons (Fsp3) is 0.529. The van der Waals surface area contributed by atoms with Gasteiger partial charge in [0, 0.05) is 31.5 Å². The topological polar surface area (TPSA) is 58.6 Å². The first-order valence-corrected chi connectivity index (χ1v) is 7.88. The number of benzene rings is 1. The summed E-state index contributed by atoms with van der Waals surface area (Å²) in [5.74, 6) is 1.06. The number of amides is 2. The summed E-state index contributed by atoms with van der Waals surface area (Å²) in [4.78, 5) is 25.7. The molecule has 5 heteroatoms. The molecule has 1 unspecified atom stereocenters. The van der Waals surface area contributed by atoms with E-state index >= 15 is 0 Å². The number of aryl methyl sites for hydroxylation is 1. The zero-order chi connectivity index (χ0) is 15.5. The SMILES string of the molecule is Cc1ccccc1OCC(=O)NCC1CC(=O)N(C2CC2)C1. The monoisotopic (exact) mass is 302 g/mol. The predicted molar refractivity (Wildman–Crippen MR) is 82.5 cm³/mol. The van der Waals surface area contributed by atoms with Gasteiger partial charge in [-0.25, -0.2) is 0 Å². The van der Waals surface area contributed by atoms with Gasteiger partial charge < -0.3 is 15.0 Å². The van der Waals surface area contributed by atoms with E-state index in [0.717, 1.165) is 30.7 Å². The van der Waals surface area contributed by atoms with Gasteiger partial charge in [-0.2, -0.15) is 0 Å². The van der Waals surface area contributed by atoms with Crippen LogP contribution in [0.4, 0.5) is 0 Å². The van der Waals surface area contributed by atoms with Crippen LogP contribution in [0.15, 0.2) is 24.3 Å². The van der Waals surface area contributed by atoms with Crippen molar-refractivity contribution in [2.75, 3.05) is 19.7 Å². The molecule has 2 aliphatic rings. The maximum absolute atomic E-state index is 11.9. The number of para-hydroxylation sites is 1. The Morgan fingerprint density at radius 3 is 2.86 bits per heavy atom. The molecule has 5 nitrogen and oxygen atoms in total. The van der Waals surface area contributed by atoms with Gasteiger partial charge in [0.15, 0.2) is 6.61 Å². The number of carbonyl (C=O) groups is 2. The van der Waals surface area contributed by atoms with Crippen molar-refractivity contribution in [2.45, 2.75) is 32.2 Å². The molecule has 1 heterocycles. The van der Waals surface area contributed by atoms with Crippen LogP contribution in [0.25, 0.3) is 0 Å². The van der Waals surface area contributed by atoms with Crippen LogP contribution in [-0.2, 0) is 9.59 Å². The molecule has 2 amide bonds. The number of rotatable bonds is 6. The highest BCUT2D eigenvalue weighted by Crippen LogP contribution is 2.32. The molecule has 1 atom stereocenters. The Bertz CT molecular complexity index is 569. The number of likely N-dealkylation sites (tertiary alicyclic amines) is 1. The fourth-order valence-corrected chi connectivity index (χ4v) is 2.86. The lowest BCUT2D eigenvalue weighted by molar-refractivity contribution is -0.128. The smallest absolute Gasteiger partial charge is 0.257 e. The van der Waals surface area contributed by atoms with Gasteiger partial charge >= 0.3 is 0 Å². The van der Waals surface area contributed by atoms with Crippen molar-refractivity contribution in [1.29, 1.82) is 0 Å². The molecule has 3 rings (SSSR count). The first-order valence-electron chi connectivity index (χ1n) is 7.88. The van der Waals surface area contributed by atoms with E-state index in [1.807, 2.05) is 36.1 Å². The quantitative estimate of drug-likeness (QED) is 0.866. The zero-order valence-electron chi connectivity index (χ0n) is 12.9. The lowest BCUT2D eigenvalue weighted by Gasteiger charge is -2.15. The third-order valence-electron chi connectivity index (χ3n) is 4.27. The number of hydrogen-bond donors (Lipinski definition) is 1. The maximum Gasteiger partial charge on any atom is 0.257 e. The second-order valence-corrected chi connectivity index (χ2v) is 6.21. The van der Waals surface area contributed by atoms with Crippen molar-refractivity contribution in [2.24, 2.45) is 5.92 Å². The first-order chi connectivity index (χ1) is 10.6. The molecule has 1 saturated carbocycles. The molecule has 1 aromatic carbocycles. The largest absolute Gasteiger partial charge is 0.484 e. The van der Waals surface area contributed by atoms with Crippen LogP contribution in [-0.4, -0.2) is 42.5 Å². The summed E-state index contributed by atoms with van der Waals surface area (Å²) in [6.45, 7) is 3.29. The highest BCUT2D eigenvalue weighted by atomic mass is 16.5. The average molecular weight is 302 g/mol. The molecule has 0 bridgehead atoms. The average Bonchev–Trinajstić information content (AvgIpc) is 3.28. The van der Waals surface area contributed by atoms with Gasteiger partial charge in [-0.15, -0.1) is 0 Å². The van der Waals surface area contributed by atoms with Crippen LogP contribution < -0.4 is 10.1 Å². The van der Waals surface area contributed by atoms with Gasteiger partial charge in [0.25, 0.3) is 5.91 Å². The van der Waals surface area contributed by atoms with Crippen LogP contribution in [0.2, 0.25) is 0 Å². The Kier molecular flexibility index (Phi) is 4.32. The molecule has 1 N–H and O–H groups in total. The summed E-state index contributed by atoms with van der Waals surface area (Å²) in [5, 5.41) is 2.87. The van der Waals surface area contributed by atoms with Crippen molar-refractivity contribution in [1.82, 2.24) is 10.2 Å². The van der Waals surface area contributed by atoms with E-state index in [9.17, 15) is 9.59 Å². The molecule has 22 heavy (non-hydrogen) atoms. The Morgan fingerprint density at radius 1 is 1.36 bits per heavy atom. The minimum Gasteiger partial charge on any atom is -0.484 e. The third kappa shape index (κ3) is 3.59. The minimum atomic E-state index is -0.138. The number of ether oxygens (including phenoxy) is 1. The van der Waals surface area contributed by atoms with E-state index in [4.69, 9.17) is 4.74 Å². The van der Waals surface area contributed by atoms with E-state index in [-0.39, 0.29) is 24.3 Å². The Labute approximate surface area is 130 Å². The molecule has 1 aliphatic heterocycles. The lowest BCUT2D eigenvalue weighted by atomic mass is 10.1. The maximum atomic E-state index is 11.9. The second kappa shape index (κ2) is 6.38. The fourth-order valence-electron chi connectivity index (χ4n) is 2.86. The first kappa shape index (κ1) is 14.9. The summed E-state index contributed by atoms with van der Waals surface area (Å²) in [6, 6.07) is 8.09.